The van der Waals surface area contributed by atoms with E-state index >= 15 is 0 Å². The van der Waals surface area contributed by atoms with Crippen molar-refractivity contribution in [2.45, 2.75) is 46.1 Å². The van der Waals surface area contributed by atoms with Crippen LogP contribution in [-0.2, 0) is 11.2 Å². The first kappa shape index (κ1) is 25.0. The minimum Gasteiger partial charge on any atom is -0.490 e. The largest absolute Gasteiger partial charge is 0.490 e. The van der Waals surface area contributed by atoms with Gasteiger partial charge in [0.15, 0.2) is 11.5 Å². The zero-order valence-corrected chi connectivity index (χ0v) is 21.3. The zero-order chi connectivity index (χ0) is 24.9. The maximum Gasteiger partial charge on any atom is 0.254 e. The first-order valence-electron chi connectivity index (χ1n) is 12.9. The molecule has 2 aromatic rings. The number of nitrogens with one attached hydrogen (secondary N) is 1. The molecule has 2 amide bonds. The van der Waals surface area contributed by atoms with Gasteiger partial charge < -0.3 is 24.6 Å². The van der Waals surface area contributed by atoms with E-state index in [0.717, 1.165) is 36.3 Å². The Morgan fingerprint density at radius 1 is 1.03 bits per heavy atom. The van der Waals surface area contributed by atoms with E-state index in [0.29, 0.717) is 49.8 Å². The number of benzene rings is 2. The lowest BCUT2D eigenvalue weighted by Gasteiger charge is -2.45. The number of ether oxygens (including phenoxy) is 2. The topological polar surface area (TPSA) is 71.1 Å². The van der Waals surface area contributed by atoms with Gasteiger partial charge in [-0.2, -0.15) is 0 Å². The van der Waals surface area contributed by atoms with E-state index in [4.69, 9.17) is 9.47 Å². The van der Waals surface area contributed by atoms with Crippen LogP contribution in [0.4, 0.5) is 0 Å². The van der Waals surface area contributed by atoms with Gasteiger partial charge in [0.1, 0.15) is 0 Å². The van der Waals surface area contributed by atoms with Gasteiger partial charge >= 0.3 is 0 Å². The second kappa shape index (κ2) is 11.1. The Bertz CT molecular complexity index is 1070. The Hall–Kier alpha value is -3.06. The van der Waals surface area contributed by atoms with Gasteiger partial charge in [-0.15, -0.1) is 0 Å². The number of rotatable bonds is 10. The Morgan fingerprint density at radius 3 is 2.40 bits per heavy atom. The molecule has 0 aliphatic carbocycles. The number of fused-ring (bicyclic) bond motifs is 4. The fraction of sp³-hybridized carbons (Fsp3) is 0.500. The summed E-state index contributed by atoms with van der Waals surface area (Å²) < 4.78 is 11.8. The number of nitrogens with zero attached hydrogens (tertiary/aromatic N) is 2. The molecule has 0 fully saturated rings. The number of hydrogen-bond donors (Lipinski definition) is 1. The number of carbonyl (C=O) groups excluding carboxylic acids is 2. The van der Waals surface area contributed by atoms with E-state index in [1.165, 1.54) is 0 Å². The van der Waals surface area contributed by atoms with Gasteiger partial charge in [-0.1, -0.05) is 32.0 Å². The van der Waals surface area contributed by atoms with Crippen LogP contribution in [0.5, 0.6) is 11.5 Å². The molecule has 2 aliphatic heterocycles. The van der Waals surface area contributed by atoms with Crippen LogP contribution in [0.1, 0.15) is 66.7 Å². The Labute approximate surface area is 208 Å². The van der Waals surface area contributed by atoms with Crippen molar-refractivity contribution in [3.63, 3.8) is 0 Å². The minimum atomic E-state index is -0.493. The predicted molar refractivity (Wildman–Crippen MR) is 136 cm³/mol. The van der Waals surface area contributed by atoms with Gasteiger partial charge in [0.25, 0.3) is 5.91 Å². The van der Waals surface area contributed by atoms with Crippen LogP contribution in [0.2, 0.25) is 0 Å². The maximum atomic E-state index is 13.7. The molecule has 0 unspecified atom stereocenters. The molecular weight excluding hydrogens is 442 g/mol. The fourth-order valence-electron chi connectivity index (χ4n) is 5.34. The third-order valence-corrected chi connectivity index (χ3v) is 7.09. The summed E-state index contributed by atoms with van der Waals surface area (Å²) in [6.45, 7) is 13.0. The number of carbonyl (C=O) groups is 2. The van der Waals surface area contributed by atoms with Crippen LogP contribution >= 0.6 is 0 Å². The Kier molecular flexibility index (Phi) is 7.96. The summed E-state index contributed by atoms with van der Waals surface area (Å²) in [7, 11) is 0. The summed E-state index contributed by atoms with van der Waals surface area (Å²) in [6, 6.07) is 11.2. The highest BCUT2D eigenvalue weighted by Crippen LogP contribution is 2.48. The molecular formula is C28H37N3O4. The minimum absolute atomic E-state index is 0.0183. The maximum absolute atomic E-state index is 13.7. The van der Waals surface area contributed by atoms with Crippen molar-refractivity contribution in [2.75, 3.05) is 45.9 Å². The molecule has 0 bridgehead atoms. The van der Waals surface area contributed by atoms with E-state index in [1.807, 2.05) is 55.1 Å². The molecule has 4 rings (SSSR count). The third kappa shape index (κ3) is 4.87. The molecule has 7 nitrogen and oxygen atoms in total. The summed E-state index contributed by atoms with van der Waals surface area (Å²) in [5, 5.41) is 3.17. The molecule has 2 atom stereocenters. The number of amides is 2. The van der Waals surface area contributed by atoms with Gasteiger partial charge in [0.05, 0.1) is 25.2 Å². The summed E-state index contributed by atoms with van der Waals surface area (Å²) in [5.74, 6) is 0.806. The first-order chi connectivity index (χ1) is 17.0. The van der Waals surface area contributed by atoms with Gasteiger partial charge in [-0.05, 0) is 68.2 Å². The standard InChI is InChI=1S/C28H37N3O4/c1-5-30(6-2)16-14-29-27(32)25-20-11-9-10-12-21(20)28(33)31-15-13-19-17-23(34-7-3)24(35-8-4)18-22(19)26(25)31/h9-12,17-18,25-26H,5-8,13-16H2,1-4H3,(H,29,32)/t25-,26+/m1/s1. The van der Waals surface area contributed by atoms with Gasteiger partial charge in [-0.3, -0.25) is 9.59 Å². The Morgan fingerprint density at radius 2 is 1.71 bits per heavy atom. The third-order valence-electron chi connectivity index (χ3n) is 7.09. The molecule has 2 aliphatic rings. The van der Waals surface area contributed by atoms with E-state index in [2.05, 4.69) is 24.1 Å². The normalized spacial score (nSPS) is 18.5. The molecule has 0 saturated heterocycles. The van der Waals surface area contributed by atoms with Crippen molar-refractivity contribution < 1.29 is 19.1 Å². The molecule has 35 heavy (non-hydrogen) atoms. The van der Waals surface area contributed by atoms with Gasteiger partial charge in [-0.25, -0.2) is 0 Å². The van der Waals surface area contributed by atoms with Crippen LogP contribution in [-0.4, -0.2) is 67.6 Å². The van der Waals surface area contributed by atoms with Crippen molar-refractivity contribution in [3.8, 4) is 11.5 Å². The van der Waals surface area contributed by atoms with Crippen LogP contribution < -0.4 is 14.8 Å². The molecule has 0 spiro atoms. The second-order valence-electron chi connectivity index (χ2n) is 8.94. The summed E-state index contributed by atoms with van der Waals surface area (Å²) in [5.41, 5.74) is 3.48. The Balaban J connectivity index is 1.75. The highest BCUT2D eigenvalue weighted by Gasteiger charge is 2.46. The molecule has 2 heterocycles. The molecule has 2 aromatic carbocycles. The number of hydrogen-bond acceptors (Lipinski definition) is 5. The lowest BCUT2D eigenvalue weighted by molar-refractivity contribution is -0.124. The van der Waals surface area contributed by atoms with Crippen molar-refractivity contribution >= 4 is 11.8 Å². The summed E-state index contributed by atoms with van der Waals surface area (Å²) >= 11 is 0. The first-order valence-corrected chi connectivity index (χ1v) is 12.9. The van der Waals surface area contributed by atoms with Crippen LogP contribution in [0.25, 0.3) is 0 Å². The van der Waals surface area contributed by atoms with Crippen molar-refractivity contribution in [1.29, 1.82) is 0 Å². The second-order valence-corrected chi connectivity index (χ2v) is 8.94. The highest BCUT2D eigenvalue weighted by atomic mass is 16.5. The lowest BCUT2D eigenvalue weighted by Crippen LogP contribution is -2.50. The van der Waals surface area contributed by atoms with Gasteiger partial charge in [0.2, 0.25) is 5.91 Å². The SMILES string of the molecule is CCOc1cc2c(cc1OCC)[C@H]1[C@H](C(=O)NCCN(CC)CC)c3ccccc3C(=O)N1CC2. The fourth-order valence-corrected chi connectivity index (χ4v) is 5.34. The van der Waals surface area contributed by atoms with E-state index in [-0.39, 0.29) is 17.9 Å². The van der Waals surface area contributed by atoms with E-state index in [9.17, 15) is 9.59 Å². The van der Waals surface area contributed by atoms with E-state index in [1.54, 1.807) is 0 Å². The summed E-state index contributed by atoms with van der Waals surface area (Å²) in [6.07, 6.45) is 0.711. The molecule has 0 radical (unpaired) electrons. The molecule has 0 saturated carbocycles. The van der Waals surface area contributed by atoms with Crippen LogP contribution in [0.3, 0.4) is 0 Å². The monoisotopic (exact) mass is 479 g/mol. The predicted octanol–water partition coefficient (Wildman–Crippen LogP) is 3.78. The van der Waals surface area contributed by atoms with E-state index < -0.39 is 5.92 Å². The molecule has 7 heteroatoms. The average molecular weight is 480 g/mol. The van der Waals surface area contributed by atoms with Crippen molar-refractivity contribution in [1.82, 2.24) is 15.1 Å². The van der Waals surface area contributed by atoms with Crippen LogP contribution in [0.15, 0.2) is 36.4 Å². The lowest BCUT2D eigenvalue weighted by atomic mass is 9.75. The smallest absolute Gasteiger partial charge is 0.254 e. The quantitative estimate of drug-likeness (QED) is 0.562. The summed E-state index contributed by atoms with van der Waals surface area (Å²) in [4.78, 5) is 31.4. The van der Waals surface area contributed by atoms with Crippen molar-refractivity contribution in [3.05, 3.63) is 58.7 Å². The zero-order valence-electron chi connectivity index (χ0n) is 21.3. The number of likely N-dealkylation sites (N-methyl/N-ethyl adjacent to an activating group) is 1. The average Bonchev–Trinajstić information content (AvgIpc) is 2.87. The molecule has 0 aromatic heterocycles. The van der Waals surface area contributed by atoms with Gasteiger partial charge in [0, 0.05) is 25.2 Å². The molecule has 1 N–H and O–H groups in total. The highest BCUT2D eigenvalue weighted by molar-refractivity contribution is 6.01. The van der Waals surface area contributed by atoms with Crippen LogP contribution in [0, 0.1) is 0 Å². The van der Waals surface area contributed by atoms with Crippen molar-refractivity contribution in [2.24, 2.45) is 0 Å². The molecule has 188 valence electrons.